The zero-order chi connectivity index (χ0) is 17.8. The molecule has 2 fully saturated rings. The molecule has 0 aromatic heterocycles. The van der Waals surface area contributed by atoms with E-state index in [-0.39, 0.29) is 0 Å². The molecule has 0 unspecified atom stereocenters. The Morgan fingerprint density at radius 3 is 1.96 bits per heavy atom. The van der Waals surface area contributed by atoms with E-state index < -0.39 is 11.8 Å². The Balaban J connectivity index is 1.53. The predicted octanol–water partition coefficient (Wildman–Crippen LogP) is 1.50. The maximum Gasteiger partial charge on any atom is 0.312 e. The van der Waals surface area contributed by atoms with Gasteiger partial charge in [-0.3, -0.25) is 14.5 Å². The maximum atomic E-state index is 12.4. The zero-order valence-electron chi connectivity index (χ0n) is 13.9. The summed E-state index contributed by atoms with van der Waals surface area (Å²) in [6.07, 6.45) is 0. The van der Waals surface area contributed by atoms with E-state index in [9.17, 15) is 9.59 Å². The summed E-state index contributed by atoms with van der Waals surface area (Å²) in [6, 6.07) is 5.47. The second-order valence-electron chi connectivity index (χ2n) is 6.17. The number of morpholine rings is 1. The quantitative estimate of drug-likeness (QED) is 0.723. The summed E-state index contributed by atoms with van der Waals surface area (Å²) >= 11 is 12.4. The fraction of sp³-hybridized carbons (Fsp3) is 0.529. The number of carbonyl (C=O) groups is 2. The lowest BCUT2D eigenvalue weighted by Crippen LogP contribution is -2.54. The molecule has 0 N–H and O–H groups in total. The third-order valence-electron chi connectivity index (χ3n) is 4.58. The number of amides is 2. The number of ether oxygens (including phenoxy) is 1. The molecule has 0 spiro atoms. The molecular formula is C17H21Cl2N3O3. The number of halogens is 2. The van der Waals surface area contributed by atoms with Crippen LogP contribution in [-0.2, 0) is 20.9 Å². The van der Waals surface area contributed by atoms with E-state index in [1.807, 2.05) is 18.2 Å². The molecule has 0 bridgehead atoms. The van der Waals surface area contributed by atoms with Crippen LogP contribution >= 0.6 is 23.2 Å². The van der Waals surface area contributed by atoms with Gasteiger partial charge in [0.05, 0.1) is 13.2 Å². The molecule has 2 aliphatic heterocycles. The van der Waals surface area contributed by atoms with E-state index in [0.717, 1.165) is 5.56 Å². The van der Waals surface area contributed by atoms with Gasteiger partial charge in [-0.1, -0.05) is 29.3 Å². The van der Waals surface area contributed by atoms with Gasteiger partial charge in [0.25, 0.3) is 0 Å². The molecule has 0 radical (unpaired) electrons. The molecule has 0 atom stereocenters. The minimum atomic E-state index is -0.425. The first-order chi connectivity index (χ1) is 12.1. The van der Waals surface area contributed by atoms with E-state index >= 15 is 0 Å². The zero-order valence-corrected chi connectivity index (χ0v) is 15.4. The van der Waals surface area contributed by atoms with Crippen LogP contribution in [0, 0.1) is 0 Å². The largest absolute Gasteiger partial charge is 0.378 e. The van der Waals surface area contributed by atoms with Gasteiger partial charge in [0.2, 0.25) is 0 Å². The minimum Gasteiger partial charge on any atom is -0.378 e. The highest BCUT2D eigenvalue weighted by molar-refractivity contribution is 6.36. The van der Waals surface area contributed by atoms with Crippen molar-refractivity contribution in [2.75, 3.05) is 52.5 Å². The Kier molecular flexibility index (Phi) is 6.17. The molecule has 2 heterocycles. The van der Waals surface area contributed by atoms with Crippen LogP contribution in [0.4, 0.5) is 0 Å². The maximum absolute atomic E-state index is 12.4. The summed E-state index contributed by atoms with van der Waals surface area (Å²) < 4.78 is 5.22. The van der Waals surface area contributed by atoms with Crippen LogP contribution < -0.4 is 0 Å². The molecule has 2 saturated heterocycles. The molecule has 0 saturated carbocycles. The standard InChI is InChI=1S/C17H21Cl2N3O3/c18-14-2-1-3-15(19)13(14)12-20-4-6-21(7-5-20)16(23)17(24)22-8-10-25-11-9-22/h1-3H,4-12H2. The van der Waals surface area contributed by atoms with E-state index in [0.29, 0.717) is 69.1 Å². The lowest BCUT2D eigenvalue weighted by molar-refractivity contribution is -0.155. The fourth-order valence-corrected chi connectivity index (χ4v) is 3.57. The molecule has 2 aliphatic rings. The van der Waals surface area contributed by atoms with Gasteiger partial charge in [-0.2, -0.15) is 0 Å². The summed E-state index contributed by atoms with van der Waals surface area (Å²) in [5, 5.41) is 1.29. The summed E-state index contributed by atoms with van der Waals surface area (Å²) in [5.41, 5.74) is 0.898. The molecule has 1 aromatic rings. The SMILES string of the molecule is O=C(C(=O)N1CCN(Cc2c(Cl)cccc2Cl)CC1)N1CCOCC1. The number of rotatable bonds is 2. The van der Waals surface area contributed by atoms with Gasteiger partial charge < -0.3 is 14.5 Å². The average Bonchev–Trinajstić information content (AvgIpc) is 2.65. The van der Waals surface area contributed by atoms with Crippen molar-refractivity contribution in [3.63, 3.8) is 0 Å². The van der Waals surface area contributed by atoms with Crippen LogP contribution in [0.1, 0.15) is 5.56 Å². The molecule has 2 amide bonds. The van der Waals surface area contributed by atoms with Crippen molar-refractivity contribution in [1.29, 1.82) is 0 Å². The summed E-state index contributed by atoms with van der Waals surface area (Å²) in [7, 11) is 0. The van der Waals surface area contributed by atoms with Crippen LogP contribution in [0.15, 0.2) is 18.2 Å². The highest BCUT2D eigenvalue weighted by Gasteiger charge is 2.30. The van der Waals surface area contributed by atoms with E-state index in [1.165, 1.54) is 0 Å². The second-order valence-corrected chi connectivity index (χ2v) is 6.99. The third kappa shape index (κ3) is 4.44. The van der Waals surface area contributed by atoms with Gasteiger partial charge in [-0.05, 0) is 12.1 Å². The summed E-state index contributed by atoms with van der Waals surface area (Å²) in [4.78, 5) is 30.1. The Labute approximate surface area is 157 Å². The molecule has 3 rings (SSSR count). The first-order valence-electron chi connectivity index (χ1n) is 8.37. The lowest BCUT2D eigenvalue weighted by Gasteiger charge is -2.36. The summed E-state index contributed by atoms with van der Waals surface area (Å²) in [6.45, 7) is 5.00. The number of carbonyl (C=O) groups excluding carboxylic acids is 2. The Morgan fingerprint density at radius 2 is 1.40 bits per heavy atom. The number of hydrogen-bond acceptors (Lipinski definition) is 4. The molecule has 8 heteroatoms. The van der Waals surface area contributed by atoms with Gasteiger partial charge >= 0.3 is 11.8 Å². The Morgan fingerprint density at radius 1 is 0.880 bits per heavy atom. The van der Waals surface area contributed by atoms with Crippen molar-refractivity contribution < 1.29 is 14.3 Å². The average molecular weight is 386 g/mol. The first kappa shape index (κ1) is 18.5. The van der Waals surface area contributed by atoms with Gasteiger partial charge in [0.15, 0.2) is 0 Å². The minimum absolute atomic E-state index is 0.419. The molecule has 0 aliphatic carbocycles. The number of benzene rings is 1. The Bertz CT molecular complexity index is 622. The fourth-order valence-electron chi connectivity index (χ4n) is 3.05. The Hall–Kier alpha value is -1.34. The third-order valence-corrected chi connectivity index (χ3v) is 5.29. The van der Waals surface area contributed by atoms with Gasteiger partial charge in [0.1, 0.15) is 0 Å². The molecule has 1 aromatic carbocycles. The normalized spacial score (nSPS) is 19.1. The van der Waals surface area contributed by atoms with Crippen LogP contribution in [-0.4, -0.2) is 79.0 Å². The van der Waals surface area contributed by atoms with Crippen LogP contribution in [0.25, 0.3) is 0 Å². The van der Waals surface area contributed by atoms with E-state index in [1.54, 1.807) is 9.80 Å². The first-order valence-corrected chi connectivity index (χ1v) is 9.13. The molecule has 25 heavy (non-hydrogen) atoms. The van der Waals surface area contributed by atoms with Crippen molar-refractivity contribution in [2.45, 2.75) is 6.54 Å². The van der Waals surface area contributed by atoms with Gasteiger partial charge in [0, 0.05) is 61.4 Å². The molecular weight excluding hydrogens is 365 g/mol. The smallest absolute Gasteiger partial charge is 0.312 e. The number of piperazine rings is 1. The molecule has 136 valence electrons. The summed E-state index contributed by atoms with van der Waals surface area (Å²) in [5.74, 6) is -0.844. The van der Waals surface area contributed by atoms with Crippen molar-refractivity contribution in [1.82, 2.24) is 14.7 Å². The van der Waals surface area contributed by atoms with Crippen molar-refractivity contribution in [2.24, 2.45) is 0 Å². The topological polar surface area (TPSA) is 53.1 Å². The number of nitrogens with zero attached hydrogens (tertiary/aromatic N) is 3. The van der Waals surface area contributed by atoms with Crippen molar-refractivity contribution >= 4 is 35.0 Å². The van der Waals surface area contributed by atoms with Crippen LogP contribution in [0.3, 0.4) is 0 Å². The monoisotopic (exact) mass is 385 g/mol. The van der Waals surface area contributed by atoms with Crippen molar-refractivity contribution in [3.8, 4) is 0 Å². The van der Waals surface area contributed by atoms with Gasteiger partial charge in [-0.25, -0.2) is 0 Å². The van der Waals surface area contributed by atoms with Crippen molar-refractivity contribution in [3.05, 3.63) is 33.8 Å². The highest BCUT2D eigenvalue weighted by atomic mass is 35.5. The number of hydrogen-bond donors (Lipinski definition) is 0. The van der Waals surface area contributed by atoms with Crippen LogP contribution in [0.2, 0.25) is 10.0 Å². The highest BCUT2D eigenvalue weighted by Crippen LogP contribution is 2.26. The predicted molar refractivity (Wildman–Crippen MR) is 95.7 cm³/mol. The lowest BCUT2D eigenvalue weighted by atomic mass is 10.2. The van der Waals surface area contributed by atoms with E-state index in [4.69, 9.17) is 27.9 Å². The van der Waals surface area contributed by atoms with Gasteiger partial charge in [-0.15, -0.1) is 0 Å². The van der Waals surface area contributed by atoms with Crippen LogP contribution in [0.5, 0.6) is 0 Å². The van der Waals surface area contributed by atoms with E-state index in [2.05, 4.69) is 4.90 Å². The molecule has 6 nitrogen and oxygen atoms in total. The second kappa shape index (κ2) is 8.36.